The van der Waals surface area contributed by atoms with E-state index in [2.05, 4.69) is 163 Å². The van der Waals surface area contributed by atoms with E-state index < -0.39 is 6.17 Å². The Morgan fingerprint density at radius 1 is 0.667 bits per heavy atom. The summed E-state index contributed by atoms with van der Waals surface area (Å²) in [5.41, 5.74) is 13.0. The highest BCUT2D eigenvalue weighted by Crippen LogP contribution is 2.52. The number of furan rings is 1. The molecule has 2 aromatic heterocycles. The number of rotatable bonds is 5. The van der Waals surface area contributed by atoms with Crippen LogP contribution in [0, 0.1) is 0 Å². The average molecular weight is 699 g/mol. The summed E-state index contributed by atoms with van der Waals surface area (Å²) in [6.45, 7) is 4.66. The van der Waals surface area contributed by atoms with Gasteiger partial charge >= 0.3 is 0 Å². The summed E-state index contributed by atoms with van der Waals surface area (Å²) in [5, 5.41) is 8.00. The van der Waals surface area contributed by atoms with Crippen LogP contribution in [0.5, 0.6) is 0 Å². The average Bonchev–Trinajstić information content (AvgIpc) is 3.84. The second-order valence-corrected chi connectivity index (χ2v) is 14.6. The van der Waals surface area contributed by atoms with Gasteiger partial charge in [0.15, 0.2) is 0 Å². The highest BCUT2D eigenvalue weighted by molar-refractivity contribution is 6.20. The molecule has 260 valence electrons. The molecular formula is C49H38N4O. The third kappa shape index (κ3) is 4.97. The number of benzene rings is 7. The lowest BCUT2D eigenvalue weighted by Crippen LogP contribution is -2.20. The lowest BCUT2D eigenvalue weighted by molar-refractivity contribution is 0.600. The zero-order valence-corrected chi connectivity index (χ0v) is 30.4. The standard InChI is InChI=1S/C49H38N4O/c1-49(2)40-24-10-7-21-38(40)44-41(49)28-27-36-34-19-8-11-25-42(34)53(45(36)44)48(51-30-31-15-13-18-33(29-31)32-16-5-4-6-17-32)52-47(50-3)39-23-14-22-37-35-20-9-12-26-43(35)54-46(37)39/h4-30,47,50H,1-3H3/b51-30+,52-48+. The summed E-state index contributed by atoms with van der Waals surface area (Å²) in [6, 6.07) is 55.5. The highest BCUT2D eigenvalue weighted by atomic mass is 16.3. The van der Waals surface area contributed by atoms with E-state index >= 15 is 0 Å². The van der Waals surface area contributed by atoms with E-state index in [1.54, 1.807) is 0 Å². The SMILES string of the molecule is CNC(/N=C(\N=C\c1cccc(-c2ccccc2)c1)n1c2ccccc2c2ccc3c(c21)-c1ccccc1C3(C)C)c1cccc2c1oc1ccccc12. The fourth-order valence-electron chi connectivity index (χ4n) is 8.55. The van der Waals surface area contributed by atoms with Crippen molar-refractivity contribution in [2.24, 2.45) is 9.98 Å². The Hall–Kier alpha value is -6.56. The molecule has 0 saturated carbocycles. The molecular weight excluding hydrogens is 661 g/mol. The number of aromatic nitrogens is 1. The molecule has 0 spiro atoms. The fraction of sp³-hybridized carbons (Fsp3) is 0.102. The lowest BCUT2D eigenvalue weighted by Gasteiger charge is -2.21. The Morgan fingerprint density at radius 3 is 2.26 bits per heavy atom. The molecule has 54 heavy (non-hydrogen) atoms. The van der Waals surface area contributed by atoms with Crippen molar-refractivity contribution in [1.29, 1.82) is 0 Å². The van der Waals surface area contributed by atoms with Gasteiger partial charge in [-0.15, -0.1) is 0 Å². The predicted octanol–water partition coefficient (Wildman–Crippen LogP) is 11.9. The van der Waals surface area contributed by atoms with Crippen LogP contribution in [0.25, 0.3) is 66.0 Å². The van der Waals surface area contributed by atoms with E-state index in [-0.39, 0.29) is 5.41 Å². The molecule has 1 aliphatic carbocycles. The van der Waals surface area contributed by atoms with E-state index in [0.29, 0.717) is 5.96 Å². The van der Waals surface area contributed by atoms with Crippen LogP contribution in [0.1, 0.15) is 42.3 Å². The van der Waals surface area contributed by atoms with Crippen LogP contribution in [0.15, 0.2) is 172 Å². The van der Waals surface area contributed by atoms with Crippen LogP contribution in [-0.4, -0.2) is 23.8 Å². The third-order valence-corrected chi connectivity index (χ3v) is 11.1. The zero-order chi connectivity index (χ0) is 36.4. The molecule has 0 radical (unpaired) electrons. The monoisotopic (exact) mass is 698 g/mol. The quantitative estimate of drug-likeness (QED) is 0.144. The minimum atomic E-state index is -0.464. The van der Waals surface area contributed by atoms with Crippen LogP contribution < -0.4 is 5.32 Å². The molecule has 0 amide bonds. The largest absolute Gasteiger partial charge is 0.456 e. The van der Waals surface area contributed by atoms with Gasteiger partial charge in [0.2, 0.25) is 5.96 Å². The van der Waals surface area contributed by atoms with Crippen LogP contribution >= 0.6 is 0 Å². The topological polar surface area (TPSA) is 54.8 Å². The minimum absolute atomic E-state index is 0.162. The third-order valence-electron chi connectivity index (χ3n) is 11.1. The molecule has 1 atom stereocenters. The van der Waals surface area contributed by atoms with E-state index in [1.165, 1.54) is 27.6 Å². The number of nitrogens with zero attached hydrogens (tertiary/aromatic N) is 3. The van der Waals surface area contributed by atoms with E-state index in [4.69, 9.17) is 14.4 Å². The maximum absolute atomic E-state index is 6.53. The summed E-state index contributed by atoms with van der Waals surface area (Å²) in [4.78, 5) is 10.9. The first kappa shape index (κ1) is 32.1. The van der Waals surface area contributed by atoms with Crippen molar-refractivity contribution in [1.82, 2.24) is 9.88 Å². The zero-order valence-electron chi connectivity index (χ0n) is 30.4. The van der Waals surface area contributed by atoms with Crippen LogP contribution in [0.3, 0.4) is 0 Å². The molecule has 5 heteroatoms. The number of hydrogen-bond acceptors (Lipinski definition) is 3. The summed E-state index contributed by atoms with van der Waals surface area (Å²) in [5.74, 6) is 0.578. The Labute approximate surface area is 313 Å². The van der Waals surface area contributed by atoms with Gasteiger partial charge in [0.1, 0.15) is 17.3 Å². The highest BCUT2D eigenvalue weighted by Gasteiger charge is 2.37. The molecule has 5 nitrogen and oxygen atoms in total. The molecule has 2 heterocycles. The van der Waals surface area contributed by atoms with E-state index in [1.807, 2.05) is 31.5 Å². The first-order valence-electron chi connectivity index (χ1n) is 18.5. The second kappa shape index (κ2) is 12.5. The van der Waals surface area contributed by atoms with Gasteiger partial charge in [0, 0.05) is 44.3 Å². The molecule has 0 aliphatic heterocycles. The maximum Gasteiger partial charge on any atom is 0.231 e. The van der Waals surface area contributed by atoms with Gasteiger partial charge in [-0.25, -0.2) is 9.98 Å². The Morgan fingerprint density at radius 2 is 1.39 bits per heavy atom. The van der Waals surface area contributed by atoms with Gasteiger partial charge in [0.25, 0.3) is 0 Å². The van der Waals surface area contributed by atoms with E-state index in [0.717, 1.165) is 60.6 Å². The van der Waals surface area contributed by atoms with Gasteiger partial charge < -0.3 is 4.42 Å². The molecule has 1 N–H and O–H groups in total. The molecule has 9 aromatic rings. The first-order valence-corrected chi connectivity index (χ1v) is 18.5. The lowest BCUT2D eigenvalue weighted by atomic mass is 9.82. The van der Waals surface area contributed by atoms with Crippen molar-refractivity contribution >= 4 is 55.9 Å². The Bertz CT molecular complexity index is 2960. The molecule has 0 bridgehead atoms. The first-order chi connectivity index (χ1) is 26.5. The van der Waals surface area contributed by atoms with Gasteiger partial charge in [-0.1, -0.05) is 153 Å². The predicted molar refractivity (Wildman–Crippen MR) is 225 cm³/mol. The summed E-state index contributed by atoms with van der Waals surface area (Å²) in [6.07, 6.45) is 1.48. The molecule has 10 rings (SSSR count). The van der Waals surface area contributed by atoms with Gasteiger partial charge in [-0.2, -0.15) is 0 Å². The minimum Gasteiger partial charge on any atom is -0.456 e. The van der Waals surface area contributed by atoms with Crippen molar-refractivity contribution in [3.8, 4) is 22.3 Å². The van der Waals surface area contributed by atoms with Gasteiger partial charge in [-0.05, 0) is 58.6 Å². The summed E-state index contributed by atoms with van der Waals surface area (Å²) < 4.78 is 8.81. The van der Waals surface area contributed by atoms with Crippen LogP contribution in [0.4, 0.5) is 0 Å². The van der Waals surface area contributed by atoms with Crippen LogP contribution in [-0.2, 0) is 5.41 Å². The Balaban J connectivity index is 1.25. The smallest absolute Gasteiger partial charge is 0.231 e. The normalized spacial score (nSPS) is 14.4. The summed E-state index contributed by atoms with van der Waals surface area (Å²) in [7, 11) is 1.95. The second-order valence-electron chi connectivity index (χ2n) is 14.6. The molecule has 0 saturated heterocycles. The number of fused-ring (bicyclic) bond motifs is 10. The van der Waals surface area contributed by atoms with Gasteiger partial charge in [-0.3, -0.25) is 9.88 Å². The molecule has 1 unspecified atom stereocenters. The molecule has 1 aliphatic rings. The van der Waals surface area contributed by atoms with Crippen molar-refractivity contribution in [2.75, 3.05) is 7.05 Å². The van der Waals surface area contributed by atoms with Crippen molar-refractivity contribution < 1.29 is 4.42 Å². The number of hydrogen-bond donors (Lipinski definition) is 1. The van der Waals surface area contributed by atoms with Crippen molar-refractivity contribution in [3.05, 3.63) is 180 Å². The van der Waals surface area contributed by atoms with Crippen molar-refractivity contribution in [2.45, 2.75) is 25.4 Å². The van der Waals surface area contributed by atoms with Gasteiger partial charge in [0.05, 0.1) is 11.0 Å². The fourth-order valence-corrected chi connectivity index (χ4v) is 8.55. The number of para-hydroxylation sites is 3. The maximum atomic E-state index is 6.53. The van der Waals surface area contributed by atoms with Crippen LogP contribution in [0.2, 0.25) is 0 Å². The Kier molecular flexibility index (Phi) is 7.46. The molecule has 0 fully saturated rings. The molecule has 7 aromatic carbocycles. The number of aliphatic imine (C=N–C) groups is 2. The van der Waals surface area contributed by atoms with E-state index in [9.17, 15) is 0 Å². The number of nitrogens with one attached hydrogen (secondary N) is 1. The summed E-state index contributed by atoms with van der Waals surface area (Å²) >= 11 is 0. The van der Waals surface area contributed by atoms with Crippen molar-refractivity contribution in [3.63, 3.8) is 0 Å².